The number of aromatic nitrogens is 1. The number of hydrogen-bond acceptors (Lipinski definition) is 4. The van der Waals surface area contributed by atoms with Gasteiger partial charge in [0.2, 0.25) is 0 Å². The first-order chi connectivity index (χ1) is 11.6. The molecular weight excluding hydrogens is 330 g/mol. The summed E-state index contributed by atoms with van der Waals surface area (Å²) in [5.74, 6) is 0.132. The van der Waals surface area contributed by atoms with E-state index in [0.29, 0.717) is 38.6 Å². The van der Waals surface area contributed by atoms with Crippen molar-refractivity contribution in [3.05, 3.63) is 53.2 Å². The fraction of sp³-hybridized carbons (Fsp3) is 0.111. The SMILES string of the molecule is COc1cccc(OC)c1-c1ncc(Cl)c2ccc(C(=O)O)cc12. The van der Waals surface area contributed by atoms with E-state index in [0.717, 1.165) is 0 Å². The molecule has 6 heteroatoms. The first kappa shape index (κ1) is 16.1. The Morgan fingerprint density at radius 2 is 1.75 bits per heavy atom. The molecule has 5 nitrogen and oxygen atoms in total. The number of carbonyl (C=O) groups is 1. The summed E-state index contributed by atoms with van der Waals surface area (Å²) in [4.78, 5) is 15.7. The number of hydrogen-bond donors (Lipinski definition) is 1. The molecule has 3 rings (SSSR count). The van der Waals surface area contributed by atoms with E-state index in [1.165, 1.54) is 12.3 Å². The van der Waals surface area contributed by atoms with Crippen LogP contribution in [0.1, 0.15) is 10.4 Å². The third-order valence-electron chi connectivity index (χ3n) is 3.75. The summed E-state index contributed by atoms with van der Waals surface area (Å²) >= 11 is 6.22. The van der Waals surface area contributed by atoms with Crippen LogP contribution >= 0.6 is 11.6 Å². The van der Waals surface area contributed by atoms with Gasteiger partial charge in [0.15, 0.2) is 0 Å². The number of carboxylic acids is 1. The molecule has 0 unspecified atom stereocenters. The van der Waals surface area contributed by atoms with E-state index in [2.05, 4.69) is 4.98 Å². The molecule has 0 spiro atoms. The first-order valence-corrected chi connectivity index (χ1v) is 7.47. The van der Waals surface area contributed by atoms with Crippen LogP contribution in [-0.4, -0.2) is 30.3 Å². The highest BCUT2D eigenvalue weighted by Gasteiger charge is 2.18. The van der Waals surface area contributed by atoms with Crippen LogP contribution in [0.4, 0.5) is 0 Å². The fourth-order valence-electron chi connectivity index (χ4n) is 2.63. The lowest BCUT2D eigenvalue weighted by molar-refractivity contribution is 0.0697. The maximum absolute atomic E-state index is 11.3. The topological polar surface area (TPSA) is 68.7 Å². The molecule has 0 aliphatic carbocycles. The smallest absolute Gasteiger partial charge is 0.335 e. The number of methoxy groups -OCH3 is 2. The van der Waals surface area contributed by atoms with Crippen molar-refractivity contribution in [2.45, 2.75) is 0 Å². The van der Waals surface area contributed by atoms with Crippen LogP contribution in [0, 0.1) is 0 Å². The molecule has 0 saturated heterocycles. The molecule has 0 fully saturated rings. The number of nitrogens with zero attached hydrogens (tertiary/aromatic N) is 1. The minimum Gasteiger partial charge on any atom is -0.496 e. The third kappa shape index (κ3) is 2.63. The van der Waals surface area contributed by atoms with Crippen LogP contribution in [0.3, 0.4) is 0 Å². The Balaban J connectivity index is 2.41. The van der Waals surface area contributed by atoms with E-state index >= 15 is 0 Å². The zero-order valence-corrected chi connectivity index (χ0v) is 13.8. The second-order valence-electron chi connectivity index (χ2n) is 5.06. The number of fused-ring (bicyclic) bond motifs is 1. The van der Waals surface area contributed by atoms with E-state index in [1.54, 1.807) is 38.5 Å². The van der Waals surface area contributed by atoms with Crippen molar-refractivity contribution in [1.82, 2.24) is 4.98 Å². The van der Waals surface area contributed by atoms with Crippen molar-refractivity contribution in [2.24, 2.45) is 0 Å². The van der Waals surface area contributed by atoms with Gasteiger partial charge in [0.05, 0.1) is 36.1 Å². The maximum Gasteiger partial charge on any atom is 0.335 e. The van der Waals surface area contributed by atoms with Gasteiger partial charge >= 0.3 is 5.97 Å². The molecule has 2 aromatic carbocycles. The molecule has 0 amide bonds. The van der Waals surface area contributed by atoms with E-state index in [4.69, 9.17) is 21.1 Å². The fourth-order valence-corrected chi connectivity index (χ4v) is 2.84. The van der Waals surface area contributed by atoms with E-state index in [9.17, 15) is 9.90 Å². The van der Waals surface area contributed by atoms with E-state index in [1.807, 2.05) is 6.07 Å². The lowest BCUT2D eigenvalue weighted by Crippen LogP contribution is -1.99. The van der Waals surface area contributed by atoms with Crippen LogP contribution in [-0.2, 0) is 0 Å². The van der Waals surface area contributed by atoms with Crippen LogP contribution < -0.4 is 9.47 Å². The van der Waals surface area contributed by atoms with Gasteiger partial charge < -0.3 is 14.6 Å². The molecule has 0 radical (unpaired) electrons. The Labute approximate surface area is 143 Å². The summed E-state index contributed by atoms with van der Waals surface area (Å²) in [6.07, 6.45) is 1.53. The normalized spacial score (nSPS) is 10.6. The lowest BCUT2D eigenvalue weighted by Gasteiger charge is -2.15. The molecule has 0 saturated carbocycles. The summed E-state index contributed by atoms with van der Waals surface area (Å²) in [6, 6.07) is 10.1. The minimum atomic E-state index is -1.02. The highest BCUT2D eigenvalue weighted by Crippen LogP contribution is 2.41. The average molecular weight is 344 g/mol. The Kier molecular flexibility index (Phi) is 4.27. The zero-order chi connectivity index (χ0) is 17.3. The molecule has 24 heavy (non-hydrogen) atoms. The van der Waals surface area contributed by atoms with Gasteiger partial charge in [-0.25, -0.2) is 4.79 Å². The summed E-state index contributed by atoms with van der Waals surface area (Å²) < 4.78 is 10.9. The highest BCUT2D eigenvalue weighted by molar-refractivity contribution is 6.35. The summed E-state index contributed by atoms with van der Waals surface area (Å²) in [5, 5.41) is 11.0. The molecule has 122 valence electrons. The quantitative estimate of drug-likeness (QED) is 0.766. The van der Waals surface area contributed by atoms with Gasteiger partial charge in [-0.15, -0.1) is 0 Å². The van der Waals surface area contributed by atoms with Crippen molar-refractivity contribution < 1.29 is 19.4 Å². The number of carboxylic acid groups (broad SMARTS) is 1. The van der Waals surface area contributed by atoms with Gasteiger partial charge in [0.25, 0.3) is 0 Å². The average Bonchev–Trinajstić information content (AvgIpc) is 2.61. The molecule has 0 aliphatic rings. The Morgan fingerprint density at radius 1 is 1.08 bits per heavy atom. The molecular formula is C18H14ClNO4. The van der Waals surface area contributed by atoms with E-state index < -0.39 is 5.97 Å². The minimum absolute atomic E-state index is 0.154. The van der Waals surface area contributed by atoms with Gasteiger partial charge in [-0.2, -0.15) is 0 Å². The van der Waals surface area contributed by atoms with Crippen LogP contribution in [0.25, 0.3) is 22.0 Å². The van der Waals surface area contributed by atoms with Gasteiger partial charge in [0.1, 0.15) is 11.5 Å². The van der Waals surface area contributed by atoms with Crippen LogP contribution in [0.15, 0.2) is 42.6 Å². The van der Waals surface area contributed by atoms with Gasteiger partial charge in [-0.1, -0.05) is 23.7 Å². The van der Waals surface area contributed by atoms with Crippen molar-refractivity contribution in [2.75, 3.05) is 14.2 Å². The number of ether oxygens (including phenoxy) is 2. The van der Waals surface area contributed by atoms with Crippen LogP contribution in [0.2, 0.25) is 5.02 Å². The Hall–Kier alpha value is -2.79. The lowest BCUT2D eigenvalue weighted by atomic mass is 10.00. The van der Waals surface area contributed by atoms with E-state index in [-0.39, 0.29) is 5.56 Å². The number of benzene rings is 2. The maximum atomic E-state index is 11.3. The number of halogens is 1. The molecule has 1 aromatic heterocycles. The van der Waals surface area contributed by atoms with Crippen molar-refractivity contribution >= 4 is 28.3 Å². The zero-order valence-electron chi connectivity index (χ0n) is 13.0. The number of aromatic carboxylic acids is 1. The second kappa shape index (κ2) is 6.37. The molecule has 3 aromatic rings. The number of rotatable bonds is 4. The van der Waals surface area contributed by atoms with Gasteiger partial charge in [-0.05, 0) is 24.3 Å². The van der Waals surface area contributed by atoms with Crippen molar-refractivity contribution in [1.29, 1.82) is 0 Å². The van der Waals surface area contributed by atoms with Crippen LogP contribution in [0.5, 0.6) is 11.5 Å². The predicted molar refractivity (Wildman–Crippen MR) is 92.3 cm³/mol. The third-order valence-corrected chi connectivity index (χ3v) is 4.05. The van der Waals surface area contributed by atoms with Gasteiger partial charge in [0, 0.05) is 17.0 Å². The second-order valence-corrected chi connectivity index (χ2v) is 5.46. The van der Waals surface area contributed by atoms with Crippen molar-refractivity contribution in [3.8, 4) is 22.8 Å². The van der Waals surface area contributed by atoms with Crippen molar-refractivity contribution in [3.63, 3.8) is 0 Å². The standard InChI is InChI=1S/C18H14ClNO4/c1-23-14-4-3-5-15(24-2)16(14)17-12-8-10(18(21)22)6-7-11(12)13(19)9-20-17/h3-9H,1-2H3,(H,21,22). The summed E-state index contributed by atoms with van der Waals surface area (Å²) in [7, 11) is 3.11. The predicted octanol–water partition coefficient (Wildman–Crippen LogP) is 4.27. The molecule has 0 aliphatic heterocycles. The molecule has 0 bridgehead atoms. The Bertz CT molecular complexity index is 917. The summed E-state index contributed by atoms with van der Waals surface area (Å²) in [5.41, 5.74) is 1.35. The largest absolute Gasteiger partial charge is 0.496 e. The number of pyridine rings is 1. The molecule has 1 heterocycles. The highest BCUT2D eigenvalue weighted by atomic mass is 35.5. The first-order valence-electron chi connectivity index (χ1n) is 7.09. The molecule has 0 atom stereocenters. The van der Waals surface area contributed by atoms with Gasteiger partial charge in [-0.3, -0.25) is 4.98 Å². The summed E-state index contributed by atoms with van der Waals surface area (Å²) in [6.45, 7) is 0. The Morgan fingerprint density at radius 3 is 2.33 bits per heavy atom. The molecule has 1 N–H and O–H groups in total. The monoisotopic (exact) mass is 343 g/mol.